The summed E-state index contributed by atoms with van der Waals surface area (Å²) in [5.41, 5.74) is 31.0. The van der Waals surface area contributed by atoms with Crippen LogP contribution in [0.1, 0.15) is 149 Å². The third-order valence-corrected chi connectivity index (χ3v) is 26.0. The molecule has 0 N–H and O–H groups in total. The van der Waals surface area contributed by atoms with Crippen molar-refractivity contribution in [1.82, 2.24) is 0 Å². The lowest BCUT2D eigenvalue weighted by atomic mass is 9.70. The van der Waals surface area contributed by atoms with Crippen LogP contribution in [0.5, 0.6) is 0 Å². The van der Waals surface area contributed by atoms with Crippen LogP contribution in [-0.4, -0.2) is 18.3 Å². The zero-order valence-electron chi connectivity index (χ0n) is 62.0. The Morgan fingerprint density at radius 2 is 0.648 bits per heavy atom. The van der Waals surface area contributed by atoms with Gasteiger partial charge in [0.2, 0.25) is 0 Å². The molecule has 0 aromatic heterocycles. The smallest absolute Gasteiger partial charge is 0.399 e. The molecule has 0 bridgehead atoms. The van der Waals surface area contributed by atoms with Gasteiger partial charge in [-0.3, -0.25) is 0 Å². The molecule has 1 fully saturated rings. The average molecular weight is 1920 g/mol. The first-order valence-electron chi connectivity index (χ1n) is 37.8. The van der Waals surface area contributed by atoms with Crippen molar-refractivity contribution in [1.29, 1.82) is 0 Å². The van der Waals surface area contributed by atoms with Crippen LogP contribution in [0.4, 0.5) is 0 Å². The van der Waals surface area contributed by atoms with Gasteiger partial charge in [0.15, 0.2) is 0 Å². The number of allylic oxidation sites excluding steroid dienone is 2. The van der Waals surface area contributed by atoms with Crippen LogP contribution < -0.4 is 5.46 Å². The number of hydrogen-bond acceptors (Lipinski definition) is 2. The van der Waals surface area contributed by atoms with E-state index in [4.69, 9.17) is 9.31 Å². The highest BCUT2D eigenvalue weighted by Gasteiger charge is 2.52. The fraction of sp³-hybridized carbons (Fsp3) is 0.224. The van der Waals surface area contributed by atoms with E-state index < -0.39 is 0 Å². The van der Waals surface area contributed by atoms with E-state index >= 15 is 0 Å². The highest BCUT2D eigenvalue weighted by molar-refractivity contribution is 14.1. The summed E-state index contributed by atoms with van der Waals surface area (Å²) in [5.74, 6) is 0. The maximum atomic E-state index is 6.16. The number of rotatable bonds is 18. The minimum absolute atomic E-state index is 0.0801. The summed E-state index contributed by atoms with van der Waals surface area (Å²) >= 11 is 23.6. The molecule has 17 rings (SSSR count). The van der Waals surface area contributed by atoms with Gasteiger partial charge in [-0.2, -0.15) is 0 Å². The van der Waals surface area contributed by atoms with Crippen molar-refractivity contribution in [3.8, 4) is 77.9 Å². The molecule has 12 aromatic rings. The van der Waals surface area contributed by atoms with Crippen molar-refractivity contribution in [3.63, 3.8) is 0 Å². The van der Waals surface area contributed by atoms with E-state index in [-0.39, 0.29) is 23.7 Å². The molecule has 0 unspecified atom stereocenters. The summed E-state index contributed by atoms with van der Waals surface area (Å²) in [4.78, 5) is 0. The quantitative estimate of drug-likeness (QED) is 0.0369. The van der Waals surface area contributed by atoms with E-state index in [0.29, 0.717) is 0 Å². The van der Waals surface area contributed by atoms with Crippen LogP contribution >= 0.6 is 118 Å². The number of halogens is 7. The Labute approximate surface area is 706 Å². The molecular formula is C98H90BBr6IO2. The number of benzene rings is 12. The van der Waals surface area contributed by atoms with Crippen molar-refractivity contribution in [2.24, 2.45) is 0 Å². The van der Waals surface area contributed by atoms with Crippen molar-refractivity contribution in [2.45, 2.75) is 141 Å². The Morgan fingerprint density at radius 3 is 1.10 bits per heavy atom. The molecule has 0 spiro atoms. The normalized spacial score (nSPS) is 14.0. The Morgan fingerprint density at radius 1 is 0.324 bits per heavy atom. The van der Waals surface area contributed by atoms with Gasteiger partial charge in [0, 0.05) is 35.8 Å². The summed E-state index contributed by atoms with van der Waals surface area (Å²) < 4.78 is 20.4. The minimum Gasteiger partial charge on any atom is -0.399 e. The van der Waals surface area contributed by atoms with E-state index in [9.17, 15) is 0 Å². The maximum Gasteiger partial charge on any atom is 0.494 e. The molecule has 1 aliphatic heterocycles. The molecular weight excluding hydrogens is 1830 g/mol. The van der Waals surface area contributed by atoms with Crippen LogP contribution in [0, 0.1) is 3.57 Å². The summed E-state index contributed by atoms with van der Waals surface area (Å²) in [7, 11) is -0.279. The van der Waals surface area contributed by atoms with Crippen LogP contribution in [0.2, 0.25) is 0 Å². The van der Waals surface area contributed by atoms with Gasteiger partial charge in [0.1, 0.15) is 0 Å². The van der Waals surface area contributed by atoms with Crippen molar-refractivity contribution < 1.29 is 9.31 Å². The molecule has 1 saturated heterocycles. The largest absolute Gasteiger partial charge is 0.494 e. The second-order valence-corrected chi connectivity index (χ2v) is 36.6. The second-order valence-electron chi connectivity index (χ2n) is 29.9. The number of fused-ring (bicyclic) bond motifs is 12. The highest BCUT2D eigenvalue weighted by atomic mass is 127. The van der Waals surface area contributed by atoms with Gasteiger partial charge in [-0.05, 0) is 327 Å². The van der Waals surface area contributed by atoms with E-state index in [0.717, 1.165) is 59.9 Å². The SMILES string of the molecule is Brc1ccc(-c2ccc3c(c2)Cc2cc(Br)ccc2-3)cc1.Brc1ccc(-c2ccc3c(c2)Cc2ccccc2-3)cc1.Brc1ccc(I)cc1.C=CCCCCCCC1(CCCCCCC=C)c2cc(Br)ccc2-c2ccc(-c3ccc(Br)cc3)cc21.CC1(C)OB(c2ccc3c(c2)Cc2ccccc2-3)OC1(C)C. The minimum atomic E-state index is -0.292. The Hall–Kier alpha value is -6.29. The first-order valence-corrected chi connectivity index (χ1v) is 43.7. The predicted octanol–water partition coefficient (Wildman–Crippen LogP) is 30.9. The van der Waals surface area contributed by atoms with E-state index in [1.807, 2.05) is 12.1 Å². The van der Waals surface area contributed by atoms with E-state index in [2.05, 4.69) is 414 Å². The molecule has 4 aliphatic carbocycles. The molecule has 546 valence electrons. The topological polar surface area (TPSA) is 18.5 Å². The number of hydrogen-bond donors (Lipinski definition) is 0. The van der Waals surface area contributed by atoms with Gasteiger partial charge >= 0.3 is 7.12 Å². The molecule has 108 heavy (non-hydrogen) atoms. The Bertz CT molecular complexity index is 5100. The molecule has 0 atom stereocenters. The molecule has 0 saturated carbocycles. The first kappa shape index (κ1) is 79.8. The van der Waals surface area contributed by atoms with Crippen LogP contribution in [0.15, 0.2) is 307 Å². The third kappa shape index (κ3) is 18.9. The summed E-state index contributed by atoms with van der Waals surface area (Å²) in [6.07, 6.45) is 22.1. The number of unbranched alkanes of at least 4 members (excludes halogenated alkanes) is 8. The second kappa shape index (κ2) is 36.5. The zero-order chi connectivity index (χ0) is 75.5. The molecule has 12 aromatic carbocycles. The lowest BCUT2D eigenvalue weighted by molar-refractivity contribution is 0.00578. The lowest BCUT2D eigenvalue weighted by Crippen LogP contribution is -2.41. The van der Waals surface area contributed by atoms with Gasteiger partial charge in [0.25, 0.3) is 0 Å². The lowest BCUT2D eigenvalue weighted by Gasteiger charge is -2.33. The first-order chi connectivity index (χ1) is 52.3. The van der Waals surface area contributed by atoms with Crippen LogP contribution in [0.25, 0.3) is 77.9 Å². The van der Waals surface area contributed by atoms with Gasteiger partial charge in [-0.1, -0.05) is 310 Å². The summed E-state index contributed by atoms with van der Waals surface area (Å²) in [6, 6.07) is 92.3. The standard InChI is InChI=1S/C35H40Br2.C19H21BO2.C19H12Br2.C19H13Br.C6H4BrI/c1-3-5-7-9-11-13-23-35(24-14-12-10-8-6-4-2)33-25-28(27-15-18-29(36)19-16-27)17-21-31(33)32-22-20-30(37)26-34(32)35;1-18(2)19(3,4)22-20(21-18)15-9-10-17-14(12-15)11-13-7-5-6-8-16(13)17;20-16-4-1-12(2-5-16)13-3-7-18-14(9-13)10-15-11-17(21)6-8-19(15)18;20-17-8-5-13(6-9-17)14-7-10-19-16(11-14)12-15-3-1-2-4-18(15)19;7-5-1-3-6(8)4-2-5/h3-4,15-22,25-26H,1-2,5-14,23-24H2;5-10,12H,11H2,1-4H3;1-9,11H,10H2;1-11H,12H2;1-4H. The summed E-state index contributed by atoms with van der Waals surface area (Å²) in [5, 5.41) is 0. The Kier molecular flexibility index (Phi) is 26.9. The fourth-order valence-corrected chi connectivity index (χ4v) is 18.0. The molecule has 5 aliphatic rings. The third-order valence-electron chi connectivity index (χ3n) is 22.2. The maximum absolute atomic E-state index is 6.16. The fourth-order valence-electron chi connectivity index (χ4n) is 15.8. The molecule has 10 heteroatoms. The van der Waals surface area contributed by atoms with Gasteiger partial charge < -0.3 is 9.31 Å². The van der Waals surface area contributed by atoms with Gasteiger partial charge in [-0.15, -0.1) is 13.2 Å². The predicted molar refractivity (Wildman–Crippen MR) is 490 cm³/mol. The van der Waals surface area contributed by atoms with Crippen LogP contribution in [-0.2, 0) is 34.0 Å². The molecule has 0 amide bonds. The van der Waals surface area contributed by atoms with E-state index in [1.54, 1.807) is 5.56 Å². The molecule has 0 radical (unpaired) electrons. The monoisotopic (exact) mass is 1910 g/mol. The average Bonchev–Trinajstić information content (AvgIpc) is 1.56. The van der Waals surface area contributed by atoms with Crippen molar-refractivity contribution in [3.05, 3.63) is 355 Å². The molecule has 2 nitrogen and oxygen atoms in total. The highest BCUT2D eigenvalue weighted by Crippen LogP contribution is 2.56. The Balaban J connectivity index is 0.000000126. The summed E-state index contributed by atoms with van der Waals surface area (Å²) in [6.45, 7) is 16.2. The zero-order valence-corrected chi connectivity index (χ0v) is 73.6. The van der Waals surface area contributed by atoms with Crippen LogP contribution in [0.3, 0.4) is 0 Å². The van der Waals surface area contributed by atoms with Gasteiger partial charge in [-0.25, -0.2) is 0 Å². The van der Waals surface area contributed by atoms with Gasteiger partial charge in [0.05, 0.1) is 11.2 Å². The van der Waals surface area contributed by atoms with E-state index in [1.165, 1.54) is 189 Å². The van der Waals surface area contributed by atoms with Crippen molar-refractivity contribution >= 4 is 131 Å². The van der Waals surface area contributed by atoms with Crippen molar-refractivity contribution in [2.75, 3.05) is 0 Å². The molecule has 1 heterocycles.